The number of hydrogen-bond donors (Lipinski definition) is 1. The van der Waals surface area contributed by atoms with Crippen LogP contribution in [-0.4, -0.2) is 15.5 Å². The quantitative estimate of drug-likeness (QED) is 0.612. The first-order chi connectivity index (χ1) is 14.4. The molecule has 5 nitrogen and oxygen atoms in total. The molecule has 0 atom stereocenters. The Morgan fingerprint density at radius 1 is 1.13 bits per heavy atom. The smallest absolute Gasteiger partial charge is 0.262 e. The summed E-state index contributed by atoms with van der Waals surface area (Å²) in [6, 6.07) is 6.16. The van der Waals surface area contributed by atoms with Crippen molar-refractivity contribution in [1.82, 2.24) is 9.55 Å². The second-order valence-corrected chi connectivity index (χ2v) is 9.82. The van der Waals surface area contributed by atoms with Crippen LogP contribution in [0.1, 0.15) is 73.9 Å². The second-order valence-electron chi connectivity index (χ2n) is 8.74. The van der Waals surface area contributed by atoms with E-state index in [0.717, 1.165) is 51.9 Å². The van der Waals surface area contributed by atoms with E-state index in [2.05, 4.69) is 50.1 Å². The molecule has 0 aliphatic heterocycles. The van der Waals surface area contributed by atoms with Crippen LogP contribution in [0.15, 0.2) is 29.3 Å². The van der Waals surface area contributed by atoms with Gasteiger partial charge in [-0.25, -0.2) is 4.98 Å². The van der Waals surface area contributed by atoms with Gasteiger partial charge in [-0.1, -0.05) is 45.9 Å². The lowest BCUT2D eigenvalue weighted by Crippen LogP contribution is -2.28. The molecule has 6 heteroatoms. The van der Waals surface area contributed by atoms with E-state index in [1.807, 2.05) is 6.07 Å². The largest absolute Gasteiger partial charge is 0.324 e. The Balaban J connectivity index is 1.65. The van der Waals surface area contributed by atoms with Crippen LogP contribution in [0.2, 0.25) is 0 Å². The van der Waals surface area contributed by atoms with Crippen molar-refractivity contribution in [3.63, 3.8) is 0 Å². The molecule has 0 spiro atoms. The van der Waals surface area contributed by atoms with Crippen molar-refractivity contribution in [2.24, 2.45) is 0 Å². The Labute approximate surface area is 181 Å². The number of aryl methyl sites for hydroxylation is 2. The molecule has 1 aliphatic carbocycles. The normalized spacial score (nSPS) is 13.8. The molecule has 3 aromatic rings. The van der Waals surface area contributed by atoms with Gasteiger partial charge >= 0.3 is 0 Å². The number of benzene rings is 1. The number of hydrogen-bond acceptors (Lipinski definition) is 4. The highest BCUT2D eigenvalue weighted by Crippen LogP contribution is 2.34. The molecule has 0 radical (unpaired) electrons. The van der Waals surface area contributed by atoms with E-state index in [-0.39, 0.29) is 29.8 Å². The predicted octanol–water partition coefficient (Wildman–Crippen LogP) is 5.22. The zero-order valence-electron chi connectivity index (χ0n) is 18.1. The predicted molar refractivity (Wildman–Crippen MR) is 124 cm³/mol. The number of para-hydroxylation sites is 1. The van der Waals surface area contributed by atoms with Crippen LogP contribution >= 0.6 is 11.3 Å². The van der Waals surface area contributed by atoms with Gasteiger partial charge in [0.1, 0.15) is 11.4 Å². The molecule has 1 amide bonds. The van der Waals surface area contributed by atoms with Gasteiger partial charge in [-0.2, -0.15) is 0 Å². The number of amides is 1. The molecule has 1 aliphatic rings. The fourth-order valence-corrected chi connectivity index (χ4v) is 5.54. The summed E-state index contributed by atoms with van der Waals surface area (Å²) in [6.07, 6.45) is 5.76. The third kappa shape index (κ3) is 3.81. The average Bonchev–Trinajstić information content (AvgIpc) is 3.09. The van der Waals surface area contributed by atoms with Crippen molar-refractivity contribution in [3.8, 4) is 0 Å². The molecule has 1 N–H and O–H groups in total. The van der Waals surface area contributed by atoms with E-state index in [1.54, 1.807) is 11.3 Å². The van der Waals surface area contributed by atoms with Gasteiger partial charge in [-0.05, 0) is 54.2 Å². The van der Waals surface area contributed by atoms with Crippen LogP contribution in [0.25, 0.3) is 10.2 Å². The molecule has 158 valence electrons. The third-order valence-electron chi connectivity index (χ3n) is 5.89. The lowest BCUT2D eigenvalue weighted by molar-refractivity contribution is -0.116. The van der Waals surface area contributed by atoms with E-state index in [9.17, 15) is 9.59 Å². The minimum atomic E-state index is -0.197. The molecule has 2 aromatic heterocycles. The summed E-state index contributed by atoms with van der Waals surface area (Å²) >= 11 is 1.63. The molecule has 0 saturated carbocycles. The first-order valence-electron chi connectivity index (χ1n) is 10.8. The number of nitrogens with one attached hydrogen (secondary N) is 1. The van der Waals surface area contributed by atoms with Crippen LogP contribution < -0.4 is 10.9 Å². The fraction of sp³-hybridized carbons (Fsp3) is 0.458. The number of carbonyl (C=O) groups excluding carboxylic acids is 1. The molecule has 0 bridgehead atoms. The number of nitrogens with zero attached hydrogens (tertiary/aromatic N) is 2. The van der Waals surface area contributed by atoms with Crippen LogP contribution in [0.3, 0.4) is 0 Å². The first kappa shape index (κ1) is 20.8. The first-order valence-corrected chi connectivity index (χ1v) is 11.6. The second kappa shape index (κ2) is 8.34. The lowest BCUT2D eigenvalue weighted by Gasteiger charge is -2.20. The fourth-order valence-electron chi connectivity index (χ4n) is 4.32. The molecule has 2 heterocycles. The standard InChI is InChI=1S/C24H29N3O2S/c1-14(2)16-9-7-10-17(15(3)4)22(16)26-20(28)12-27-13-25-23-21(24(27)29)18-8-5-6-11-19(18)30-23/h7,9-10,13-15H,5-6,8,11-12H2,1-4H3,(H,26,28). The summed E-state index contributed by atoms with van der Waals surface area (Å²) in [5, 5.41) is 3.82. The van der Waals surface area contributed by atoms with Crippen molar-refractivity contribution in [1.29, 1.82) is 0 Å². The highest BCUT2D eigenvalue weighted by molar-refractivity contribution is 7.18. The Hall–Kier alpha value is -2.47. The summed E-state index contributed by atoms with van der Waals surface area (Å²) in [5.74, 6) is 0.381. The van der Waals surface area contributed by atoms with Gasteiger partial charge in [-0.3, -0.25) is 14.2 Å². The molecule has 30 heavy (non-hydrogen) atoms. The molecule has 4 rings (SSSR count). The Kier molecular flexibility index (Phi) is 5.78. The number of carbonyl (C=O) groups is 1. The van der Waals surface area contributed by atoms with Crippen molar-refractivity contribution in [3.05, 3.63) is 56.4 Å². The molecule has 0 unspecified atom stereocenters. The third-order valence-corrected chi connectivity index (χ3v) is 7.09. The number of rotatable bonds is 5. The van der Waals surface area contributed by atoms with Crippen molar-refractivity contribution < 1.29 is 4.79 Å². The number of aromatic nitrogens is 2. The van der Waals surface area contributed by atoms with Crippen LogP contribution in [0.4, 0.5) is 5.69 Å². The SMILES string of the molecule is CC(C)c1cccc(C(C)C)c1NC(=O)Cn1cnc2sc3c(c2c1=O)CCCC3. The summed E-state index contributed by atoms with van der Waals surface area (Å²) in [4.78, 5) is 32.7. The summed E-state index contributed by atoms with van der Waals surface area (Å²) in [6.45, 7) is 8.46. The van der Waals surface area contributed by atoms with Crippen molar-refractivity contribution in [2.75, 3.05) is 5.32 Å². The Bertz CT molecular complexity index is 1130. The Morgan fingerprint density at radius 3 is 2.47 bits per heavy atom. The van der Waals surface area contributed by atoms with Crippen molar-refractivity contribution >= 4 is 33.1 Å². The molecular weight excluding hydrogens is 394 g/mol. The summed E-state index contributed by atoms with van der Waals surface area (Å²) in [5.41, 5.74) is 4.16. The number of anilines is 1. The van der Waals surface area contributed by atoms with Gasteiger partial charge in [-0.15, -0.1) is 11.3 Å². The van der Waals surface area contributed by atoms with E-state index in [4.69, 9.17) is 0 Å². The zero-order chi connectivity index (χ0) is 21.4. The maximum Gasteiger partial charge on any atom is 0.262 e. The monoisotopic (exact) mass is 423 g/mol. The molecule has 0 saturated heterocycles. The minimum Gasteiger partial charge on any atom is -0.324 e. The van der Waals surface area contributed by atoms with E-state index in [1.165, 1.54) is 22.2 Å². The maximum atomic E-state index is 13.1. The molecular formula is C24H29N3O2S. The number of thiophene rings is 1. The highest BCUT2D eigenvalue weighted by Gasteiger charge is 2.21. The maximum absolute atomic E-state index is 13.1. The highest BCUT2D eigenvalue weighted by atomic mass is 32.1. The minimum absolute atomic E-state index is 0.0314. The van der Waals surface area contributed by atoms with Gasteiger partial charge < -0.3 is 5.32 Å². The van der Waals surface area contributed by atoms with Gasteiger partial charge in [0.25, 0.3) is 5.56 Å². The van der Waals surface area contributed by atoms with Gasteiger partial charge in [0, 0.05) is 10.6 Å². The van der Waals surface area contributed by atoms with Crippen LogP contribution in [-0.2, 0) is 24.2 Å². The molecule has 0 fully saturated rings. The average molecular weight is 424 g/mol. The summed E-state index contributed by atoms with van der Waals surface area (Å²) in [7, 11) is 0. The van der Waals surface area contributed by atoms with Crippen LogP contribution in [0, 0.1) is 0 Å². The van der Waals surface area contributed by atoms with Gasteiger partial charge in [0.15, 0.2) is 0 Å². The van der Waals surface area contributed by atoms with E-state index < -0.39 is 0 Å². The lowest BCUT2D eigenvalue weighted by atomic mass is 9.92. The number of fused-ring (bicyclic) bond motifs is 3. The molecule has 1 aromatic carbocycles. The topological polar surface area (TPSA) is 64.0 Å². The summed E-state index contributed by atoms with van der Waals surface area (Å²) < 4.78 is 1.45. The van der Waals surface area contributed by atoms with Gasteiger partial charge in [0.05, 0.1) is 11.7 Å². The zero-order valence-corrected chi connectivity index (χ0v) is 18.9. The van der Waals surface area contributed by atoms with E-state index in [0.29, 0.717) is 0 Å². The van der Waals surface area contributed by atoms with Crippen molar-refractivity contribution in [2.45, 2.75) is 71.8 Å². The van der Waals surface area contributed by atoms with E-state index >= 15 is 0 Å². The van der Waals surface area contributed by atoms with Crippen LogP contribution in [0.5, 0.6) is 0 Å². The Morgan fingerprint density at radius 2 is 1.80 bits per heavy atom. The van der Waals surface area contributed by atoms with Gasteiger partial charge in [0.2, 0.25) is 5.91 Å².